The van der Waals surface area contributed by atoms with E-state index in [1.807, 2.05) is 6.07 Å². The average Bonchev–Trinajstić information content (AvgIpc) is 2.91. The van der Waals surface area contributed by atoms with Crippen LogP contribution in [-0.2, 0) is 4.74 Å². The van der Waals surface area contributed by atoms with Gasteiger partial charge in [0.1, 0.15) is 11.4 Å². The number of hydrogen-bond acceptors (Lipinski definition) is 6. The average molecular weight is 289 g/mol. The van der Waals surface area contributed by atoms with Gasteiger partial charge in [0.2, 0.25) is 5.82 Å². The number of aromatic carboxylic acids is 1. The number of carboxylic acids is 1. The van der Waals surface area contributed by atoms with Crippen LogP contribution < -0.4 is 5.32 Å². The fourth-order valence-corrected chi connectivity index (χ4v) is 2.29. The Kier molecular flexibility index (Phi) is 3.44. The summed E-state index contributed by atoms with van der Waals surface area (Å²) in [5.41, 5.74) is -0.405. The summed E-state index contributed by atoms with van der Waals surface area (Å²) >= 11 is 0. The molecule has 0 aliphatic carbocycles. The summed E-state index contributed by atoms with van der Waals surface area (Å²) in [6.07, 6.45) is 0.537. The van der Waals surface area contributed by atoms with Gasteiger partial charge in [-0.2, -0.15) is 0 Å². The van der Waals surface area contributed by atoms with Crippen molar-refractivity contribution in [3.05, 3.63) is 30.1 Å². The minimum Gasteiger partial charge on any atom is -0.475 e. The van der Waals surface area contributed by atoms with Crippen molar-refractivity contribution in [1.82, 2.24) is 9.97 Å². The van der Waals surface area contributed by atoms with E-state index in [4.69, 9.17) is 9.84 Å². The summed E-state index contributed by atoms with van der Waals surface area (Å²) in [6, 6.07) is 7.13. The number of hydrogen-bond donors (Lipinski definition) is 3. The molecule has 1 aliphatic rings. The zero-order valence-corrected chi connectivity index (χ0v) is 11.2. The van der Waals surface area contributed by atoms with Crippen molar-refractivity contribution in [3.63, 3.8) is 0 Å². The summed E-state index contributed by atoms with van der Waals surface area (Å²) in [7, 11) is 0. The van der Waals surface area contributed by atoms with E-state index in [0.717, 1.165) is 0 Å². The fraction of sp³-hybridized carbons (Fsp3) is 0.357. The van der Waals surface area contributed by atoms with Crippen molar-refractivity contribution in [2.45, 2.75) is 12.0 Å². The summed E-state index contributed by atoms with van der Waals surface area (Å²) in [6.45, 7) is 1.02. The van der Waals surface area contributed by atoms with Gasteiger partial charge in [0.15, 0.2) is 0 Å². The molecule has 0 amide bonds. The lowest BCUT2D eigenvalue weighted by Gasteiger charge is -2.21. The van der Waals surface area contributed by atoms with E-state index in [0.29, 0.717) is 29.7 Å². The molecule has 1 aliphatic heterocycles. The van der Waals surface area contributed by atoms with Crippen LogP contribution in [0.3, 0.4) is 0 Å². The van der Waals surface area contributed by atoms with E-state index >= 15 is 0 Å². The molecule has 3 N–H and O–H groups in total. The number of aliphatic hydroxyl groups is 1. The van der Waals surface area contributed by atoms with Crippen molar-refractivity contribution in [3.8, 4) is 0 Å². The number of carboxylic acid groups (broad SMARTS) is 1. The molecule has 1 aromatic carbocycles. The molecule has 1 aromatic heterocycles. The number of carbonyl (C=O) groups is 1. The molecular weight excluding hydrogens is 274 g/mol. The van der Waals surface area contributed by atoms with Crippen molar-refractivity contribution >= 4 is 22.7 Å². The summed E-state index contributed by atoms with van der Waals surface area (Å²) in [5, 5.41) is 23.1. The Balaban J connectivity index is 1.94. The molecule has 1 unspecified atom stereocenters. The molecule has 1 saturated heterocycles. The van der Waals surface area contributed by atoms with Crippen LogP contribution in [0.15, 0.2) is 24.3 Å². The molecular formula is C14H15N3O4. The lowest BCUT2D eigenvalue weighted by molar-refractivity contribution is 0.0381. The largest absolute Gasteiger partial charge is 0.475 e. The summed E-state index contributed by atoms with van der Waals surface area (Å²) < 4.78 is 5.18. The Morgan fingerprint density at radius 3 is 2.90 bits per heavy atom. The molecule has 1 atom stereocenters. The Morgan fingerprint density at radius 2 is 2.19 bits per heavy atom. The summed E-state index contributed by atoms with van der Waals surface area (Å²) in [4.78, 5) is 19.1. The molecule has 7 heteroatoms. The molecule has 0 spiro atoms. The van der Waals surface area contributed by atoms with Gasteiger partial charge in [0, 0.05) is 25.0 Å². The predicted octanol–water partition coefficient (Wildman–Crippen LogP) is 0.891. The molecule has 0 radical (unpaired) electrons. The zero-order chi connectivity index (χ0) is 14.9. The third kappa shape index (κ3) is 2.79. The van der Waals surface area contributed by atoms with Gasteiger partial charge in [-0.25, -0.2) is 14.8 Å². The monoisotopic (exact) mass is 289 g/mol. The molecule has 7 nitrogen and oxygen atoms in total. The van der Waals surface area contributed by atoms with Gasteiger partial charge in [-0.1, -0.05) is 12.1 Å². The number of nitrogens with one attached hydrogen (secondary N) is 1. The van der Waals surface area contributed by atoms with E-state index in [2.05, 4.69) is 15.3 Å². The van der Waals surface area contributed by atoms with Gasteiger partial charge in [-0.3, -0.25) is 0 Å². The molecule has 2 aromatic rings. The van der Waals surface area contributed by atoms with Gasteiger partial charge in [-0.05, 0) is 12.1 Å². The maximum atomic E-state index is 11.1. The predicted molar refractivity (Wildman–Crippen MR) is 75.4 cm³/mol. The first kappa shape index (κ1) is 13.7. The smallest absolute Gasteiger partial charge is 0.374 e. The van der Waals surface area contributed by atoms with E-state index < -0.39 is 11.6 Å². The summed E-state index contributed by atoms with van der Waals surface area (Å²) in [5.74, 6) is -1.06. The van der Waals surface area contributed by atoms with E-state index in [1.54, 1.807) is 18.2 Å². The van der Waals surface area contributed by atoms with Crippen LogP contribution in [0.1, 0.15) is 17.0 Å². The van der Waals surface area contributed by atoms with E-state index in [9.17, 15) is 9.90 Å². The first-order valence-corrected chi connectivity index (χ1v) is 6.61. The third-order valence-corrected chi connectivity index (χ3v) is 3.46. The van der Waals surface area contributed by atoms with Crippen LogP contribution in [0.5, 0.6) is 0 Å². The first-order valence-electron chi connectivity index (χ1n) is 6.61. The van der Waals surface area contributed by atoms with Crippen LogP contribution in [0.4, 0.5) is 5.82 Å². The lowest BCUT2D eigenvalue weighted by atomic mass is 10.0. The second kappa shape index (κ2) is 5.27. The molecule has 3 rings (SSSR count). The topological polar surface area (TPSA) is 105 Å². The lowest BCUT2D eigenvalue weighted by Crippen LogP contribution is -2.37. The van der Waals surface area contributed by atoms with Crippen LogP contribution in [0.25, 0.3) is 10.9 Å². The van der Waals surface area contributed by atoms with Gasteiger partial charge < -0.3 is 20.3 Å². The molecule has 0 bridgehead atoms. The highest BCUT2D eigenvalue weighted by molar-refractivity contribution is 5.93. The van der Waals surface area contributed by atoms with Crippen molar-refractivity contribution in [1.29, 1.82) is 0 Å². The molecule has 110 valence electrons. The number of benzene rings is 1. The number of ether oxygens (including phenoxy) is 1. The Labute approximate surface area is 120 Å². The second-order valence-electron chi connectivity index (χ2n) is 5.10. The third-order valence-electron chi connectivity index (χ3n) is 3.46. The van der Waals surface area contributed by atoms with Crippen molar-refractivity contribution in [2.24, 2.45) is 0 Å². The minimum absolute atomic E-state index is 0.243. The Hall–Kier alpha value is -2.25. The van der Waals surface area contributed by atoms with Gasteiger partial charge in [-0.15, -0.1) is 0 Å². The van der Waals surface area contributed by atoms with E-state index in [-0.39, 0.29) is 19.0 Å². The standard InChI is InChI=1S/C14H15N3O4/c18-13(19)12-16-10-4-2-1-3-9(10)11(17-12)15-7-14(20)5-6-21-8-14/h1-4,20H,5-8H2,(H,18,19)(H,15,16,17). The minimum atomic E-state index is -1.19. The molecule has 1 fully saturated rings. The zero-order valence-electron chi connectivity index (χ0n) is 11.2. The second-order valence-corrected chi connectivity index (χ2v) is 5.10. The SMILES string of the molecule is O=C(O)c1nc(NCC2(O)CCOC2)c2ccccc2n1. The number of para-hydroxylation sites is 1. The normalized spacial score (nSPS) is 21.6. The van der Waals surface area contributed by atoms with Gasteiger partial charge >= 0.3 is 5.97 Å². The van der Waals surface area contributed by atoms with Crippen molar-refractivity contribution < 1.29 is 19.7 Å². The molecule has 0 saturated carbocycles. The Morgan fingerprint density at radius 1 is 1.38 bits per heavy atom. The van der Waals surface area contributed by atoms with Gasteiger partial charge in [0.05, 0.1) is 12.1 Å². The van der Waals surface area contributed by atoms with Crippen LogP contribution in [0.2, 0.25) is 0 Å². The number of rotatable bonds is 4. The number of anilines is 1. The van der Waals surface area contributed by atoms with E-state index in [1.165, 1.54) is 0 Å². The Bertz CT molecular complexity index is 683. The number of nitrogens with zero attached hydrogens (tertiary/aromatic N) is 2. The maximum Gasteiger partial charge on any atom is 0.374 e. The first-order chi connectivity index (χ1) is 10.1. The maximum absolute atomic E-state index is 11.1. The van der Waals surface area contributed by atoms with Crippen molar-refractivity contribution in [2.75, 3.05) is 25.1 Å². The highest BCUT2D eigenvalue weighted by atomic mass is 16.5. The van der Waals surface area contributed by atoms with Gasteiger partial charge in [0.25, 0.3) is 0 Å². The quantitative estimate of drug-likeness (QED) is 0.767. The number of aromatic nitrogens is 2. The number of fused-ring (bicyclic) bond motifs is 1. The highest BCUT2D eigenvalue weighted by Gasteiger charge is 2.32. The molecule has 21 heavy (non-hydrogen) atoms. The highest BCUT2D eigenvalue weighted by Crippen LogP contribution is 2.23. The molecule has 2 heterocycles. The van der Waals surface area contributed by atoms with Crippen LogP contribution in [0, 0.1) is 0 Å². The van der Waals surface area contributed by atoms with Crippen LogP contribution >= 0.6 is 0 Å². The fourth-order valence-electron chi connectivity index (χ4n) is 2.29. The van der Waals surface area contributed by atoms with Crippen LogP contribution in [-0.4, -0.2) is 51.5 Å².